The number of sulfone groups is 1. The van der Waals surface area contributed by atoms with Crippen molar-refractivity contribution in [3.05, 3.63) is 54.1 Å². The van der Waals surface area contributed by atoms with Crippen molar-refractivity contribution in [2.45, 2.75) is 42.4 Å². The van der Waals surface area contributed by atoms with Gasteiger partial charge >= 0.3 is 0 Å². The lowest BCUT2D eigenvalue weighted by atomic mass is 10.1. The molecule has 1 aromatic carbocycles. The van der Waals surface area contributed by atoms with Crippen molar-refractivity contribution in [3.8, 4) is 0 Å². The van der Waals surface area contributed by atoms with Gasteiger partial charge in [0.05, 0.1) is 28.1 Å². The quantitative estimate of drug-likeness (QED) is 0.811. The number of nitrogens with one attached hydrogen (secondary N) is 1. The summed E-state index contributed by atoms with van der Waals surface area (Å²) < 4.78 is 31.3. The molecule has 8 heteroatoms. The number of ether oxygens (including phenoxy) is 1. The Morgan fingerprint density at radius 3 is 2.70 bits per heavy atom. The van der Waals surface area contributed by atoms with Gasteiger partial charge in [-0.05, 0) is 38.3 Å². The number of benzene rings is 1. The number of aromatic nitrogens is 2. The van der Waals surface area contributed by atoms with E-state index in [0.29, 0.717) is 37.3 Å². The van der Waals surface area contributed by atoms with Gasteiger partial charge in [-0.2, -0.15) is 0 Å². The van der Waals surface area contributed by atoms with Crippen molar-refractivity contribution in [2.75, 3.05) is 13.2 Å². The van der Waals surface area contributed by atoms with Gasteiger partial charge in [-0.15, -0.1) is 0 Å². The molecular weight excluding hydrogens is 366 g/mol. The van der Waals surface area contributed by atoms with Gasteiger partial charge in [0.2, 0.25) is 0 Å². The second kappa shape index (κ2) is 8.58. The van der Waals surface area contributed by atoms with E-state index in [0.717, 1.165) is 5.69 Å². The molecule has 0 saturated carbocycles. The smallest absolute Gasteiger partial charge is 0.271 e. The van der Waals surface area contributed by atoms with E-state index >= 15 is 0 Å². The van der Waals surface area contributed by atoms with Crippen molar-refractivity contribution < 1.29 is 17.9 Å². The van der Waals surface area contributed by atoms with Gasteiger partial charge in [-0.25, -0.2) is 13.4 Å². The van der Waals surface area contributed by atoms with E-state index in [9.17, 15) is 13.2 Å². The Morgan fingerprint density at radius 2 is 2.00 bits per heavy atom. The van der Waals surface area contributed by atoms with Crippen LogP contribution >= 0.6 is 0 Å². The zero-order valence-corrected chi connectivity index (χ0v) is 16.0. The molecule has 1 aliphatic heterocycles. The van der Waals surface area contributed by atoms with Crippen LogP contribution in [0.4, 0.5) is 0 Å². The highest BCUT2D eigenvalue weighted by atomic mass is 32.2. The Labute approximate surface area is 159 Å². The lowest BCUT2D eigenvalue weighted by molar-refractivity contribution is 0.0132. The molecule has 1 amide bonds. The molecular formula is C19H23N3O4S. The van der Waals surface area contributed by atoms with Crippen molar-refractivity contribution in [1.29, 1.82) is 0 Å². The Hall–Kier alpha value is -2.32. The van der Waals surface area contributed by atoms with Crippen LogP contribution in [0, 0.1) is 6.92 Å². The fourth-order valence-electron chi connectivity index (χ4n) is 3.08. The molecule has 0 aliphatic carbocycles. The van der Waals surface area contributed by atoms with Crippen LogP contribution in [0.25, 0.3) is 0 Å². The summed E-state index contributed by atoms with van der Waals surface area (Å²) in [7, 11) is -3.37. The normalized spacial score (nSPS) is 20.2. The summed E-state index contributed by atoms with van der Waals surface area (Å²) >= 11 is 0. The van der Waals surface area contributed by atoms with Crippen molar-refractivity contribution in [2.24, 2.45) is 0 Å². The largest absolute Gasteiger partial charge is 0.378 e. The summed E-state index contributed by atoms with van der Waals surface area (Å²) in [5.74, 6) is -0.299. The third-order valence-corrected chi connectivity index (χ3v) is 6.83. The maximum atomic E-state index is 12.8. The number of hydrogen-bond donors (Lipinski definition) is 1. The first-order valence-corrected chi connectivity index (χ1v) is 10.5. The monoisotopic (exact) mass is 389 g/mol. The molecule has 2 atom stereocenters. The van der Waals surface area contributed by atoms with Gasteiger partial charge in [-0.1, -0.05) is 18.2 Å². The van der Waals surface area contributed by atoms with Gasteiger partial charge in [0.15, 0.2) is 9.84 Å². The summed E-state index contributed by atoms with van der Waals surface area (Å²) in [4.78, 5) is 20.5. The molecule has 1 saturated heterocycles. The summed E-state index contributed by atoms with van der Waals surface area (Å²) in [6.07, 6.45) is 4.23. The molecule has 0 radical (unpaired) electrons. The summed E-state index contributed by atoms with van der Waals surface area (Å²) in [5.41, 5.74) is 1.00. The third-order valence-electron chi connectivity index (χ3n) is 4.60. The fraction of sp³-hybridized carbons (Fsp3) is 0.421. The highest BCUT2D eigenvalue weighted by Gasteiger charge is 2.33. The number of aryl methyl sites for hydroxylation is 1. The minimum absolute atomic E-state index is 0.202. The summed E-state index contributed by atoms with van der Waals surface area (Å²) in [5, 5.41) is 2.32. The van der Waals surface area contributed by atoms with E-state index in [1.807, 2.05) is 0 Å². The summed E-state index contributed by atoms with van der Waals surface area (Å²) in [6, 6.07) is 8.51. The van der Waals surface area contributed by atoms with E-state index in [1.54, 1.807) is 37.3 Å². The summed E-state index contributed by atoms with van der Waals surface area (Å²) in [6.45, 7) is 2.59. The number of amides is 1. The van der Waals surface area contributed by atoms with Gasteiger partial charge in [0.1, 0.15) is 5.69 Å². The van der Waals surface area contributed by atoms with E-state index in [4.69, 9.17) is 4.74 Å². The number of nitrogens with zero attached hydrogens (tertiary/aromatic N) is 2. The minimum Gasteiger partial charge on any atom is -0.378 e. The van der Waals surface area contributed by atoms with Gasteiger partial charge in [0, 0.05) is 19.3 Å². The Morgan fingerprint density at radius 1 is 1.22 bits per heavy atom. The average Bonchev–Trinajstić information content (AvgIpc) is 2.69. The van der Waals surface area contributed by atoms with Crippen LogP contribution in [0.3, 0.4) is 0 Å². The first-order chi connectivity index (χ1) is 13.0. The van der Waals surface area contributed by atoms with E-state index < -0.39 is 15.1 Å². The highest BCUT2D eigenvalue weighted by Crippen LogP contribution is 2.27. The van der Waals surface area contributed by atoms with Crippen LogP contribution in [0.2, 0.25) is 0 Å². The van der Waals surface area contributed by atoms with Crippen LogP contribution in [0.1, 0.15) is 35.4 Å². The number of hydrogen-bond acceptors (Lipinski definition) is 6. The van der Waals surface area contributed by atoms with Crippen molar-refractivity contribution in [1.82, 2.24) is 15.3 Å². The molecule has 144 valence electrons. The van der Waals surface area contributed by atoms with Crippen molar-refractivity contribution >= 4 is 15.7 Å². The van der Waals surface area contributed by atoms with Gasteiger partial charge in [-0.3, -0.25) is 9.78 Å². The molecule has 0 bridgehead atoms. The van der Waals surface area contributed by atoms with Crippen molar-refractivity contribution in [3.63, 3.8) is 0 Å². The van der Waals surface area contributed by atoms with Crippen LogP contribution in [0.15, 0.2) is 47.6 Å². The van der Waals surface area contributed by atoms with E-state index in [-0.39, 0.29) is 17.7 Å². The third kappa shape index (κ3) is 4.90. The first kappa shape index (κ1) is 19.4. The topological polar surface area (TPSA) is 98.2 Å². The predicted molar refractivity (Wildman–Crippen MR) is 100 cm³/mol. The molecule has 7 nitrogen and oxygen atoms in total. The standard InChI is InChI=1S/C19H23N3O4S/c1-14-12-22-18(13-21-14)19(23)20-9-7-15-11-17(8-10-26-15)27(24,25)16-5-3-2-4-6-16/h2-6,12-13,15,17H,7-11H2,1H3,(H,20,23)/t15-,17+/m0/s1. The molecule has 3 rings (SSSR count). The molecule has 0 unspecified atom stereocenters. The molecule has 0 spiro atoms. The fourth-order valence-corrected chi connectivity index (χ4v) is 4.87. The maximum Gasteiger partial charge on any atom is 0.271 e. The molecule has 1 fully saturated rings. The van der Waals surface area contributed by atoms with Crippen LogP contribution < -0.4 is 5.32 Å². The molecule has 1 aliphatic rings. The number of rotatable bonds is 6. The lowest BCUT2D eigenvalue weighted by Gasteiger charge is -2.29. The molecule has 27 heavy (non-hydrogen) atoms. The Balaban J connectivity index is 1.53. The number of carbonyl (C=O) groups is 1. The first-order valence-electron chi connectivity index (χ1n) is 8.94. The van der Waals surface area contributed by atoms with Crippen LogP contribution in [-0.4, -0.2) is 48.8 Å². The highest BCUT2D eigenvalue weighted by molar-refractivity contribution is 7.92. The zero-order chi connectivity index (χ0) is 19.3. The molecule has 1 aromatic heterocycles. The Kier molecular flexibility index (Phi) is 6.18. The zero-order valence-electron chi connectivity index (χ0n) is 15.2. The van der Waals surface area contributed by atoms with Gasteiger partial charge in [0.25, 0.3) is 5.91 Å². The van der Waals surface area contributed by atoms with Crippen LogP contribution in [0.5, 0.6) is 0 Å². The minimum atomic E-state index is -3.37. The van der Waals surface area contributed by atoms with E-state index in [1.165, 1.54) is 12.4 Å². The molecule has 1 N–H and O–H groups in total. The second-order valence-corrected chi connectivity index (χ2v) is 8.81. The predicted octanol–water partition coefficient (Wildman–Crippen LogP) is 1.93. The number of carbonyl (C=O) groups excluding carboxylic acids is 1. The molecule has 2 heterocycles. The lowest BCUT2D eigenvalue weighted by Crippen LogP contribution is -2.37. The maximum absolute atomic E-state index is 12.8. The van der Waals surface area contributed by atoms with E-state index in [2.05, 4.69) is 15.3 Å². The Bertz CT molecular complexity index is 870. The van der Waals surface area contributed by atoms with Crippen LogP contribution in [-0.2, 0) is 14.6 Å². The van der Waals surface area contributed by atoms with Gasteiger partial charge < -0.3 is 10.1 Å². The second-order valence-electron chi connectivity index (χ2n) is 6.58. The SMILES string of the molecule is Cc1cnc(C(=O)NCC[C@H]2C[C@H](S(=O)(=O)c3ccccc3)CCO2)cn1. The average molecular weight is 389 g/mol. The molecule has 2 aromatic rings.